The van der Waals surface area contributed by atoms with Crippen LogP contribution in [-0.2, 0) is 6.18 Å². The van der Waals surface area contributed by atoms with Gasteiger partial charge < -0.3 is 5.32 Å². The summed E-state index contributed by atoms with van der Waals surface area (Å²) in [4.78, 5) is 3.29. The molecule has 1 aromatic heterocycles. The SMILES string of the molecule is CNc1cc(C(F)(F)F)ncc1C. The highest BCUT2D eigenvalue weighted by Crippen LogP contribution is 2.29. The van der Waals surface area contributed by atoms with E-state index in [1.165, 1.54) is 6.20 Å². The maximum absolute atomic E-state index is 12.1. The summed E-state index contributed by atoms with van der Waals surface area (Å²) in [5.74, 6) is 0. The number of anilines is 1. The third kappa shape index (κ3) is 2.11. The molecule has 0 radical (unpaired) electrons. The number of hydrogen-bond acceptors (Lipinski definition) is 2. The summed E-state index contributed by atoms with van der Waals surface area (Å²) in [5, 5.41) is 2.67. The average Bonchev–Trinajstić information content (AvgIpc) is 2.03. The first-order valence-corrected chi connectivity index (χ1v) is 3.66. The number of aromatic nitrogens is 1. The van der Waals surface area contributed by atoms with E-state index in [0.29, 0.717) is 11.3 Å². The number of aryl methyl sites for hydroxylation is 1. The van der Waals surface area contributed by atoms with Gasteiger partial charge in [-0.3, -0.25) is 4.98 Å². The van der Waals surface area contributed by atoms with Crippen molar-refractivity contribution in [3.05, 3.63) is 23.5 Å². The smallest absolute Gasteiger partial charge is 0.388 e. The molecule has 0 aromatic carbocycles. The van der Waals surface area contributed by atoms with Crippen LogP contribution >= 0.6 is 0 Å². The van der Waals surface area contributed by atoms with Crippen LogP contribution in [0, 0.1) is 6.92 Å². The van der Waals surface area contributed by atoms with Crippen LogP contribution in [-0.4, -0.2) is 12.0 Å². The second-order valence-corrected chi connectivity index (χ2v) is 2.63. The quantitative estimate of drug-likeness (QED) is 0.735. The molecule has 0 aliphatic heterocycles. The van der Waals surface area contributed by atoms with Gasteiger partial charge in [0.05, 0.1) is 0 Å². The second kappa shape index (κ2) is 3.24. The van der Waals surface area contributed by atoms with Gasteiger partial charge in [0.1, 0.15) is 5.69 Å². The molecule has 5 heteroatoms. The van der Waals surface area contributed by atoms with Crippen LogP contribution < -0.4 is 5.32 Å². The molecule has 2 nitrogen and oxygen atoms in total. The summed E-state index contributed by atoms with van der Waals surface area (Å²) in [5.41, 5.74) is 0.264. The zero-order chi connectivity index (χ0) is 10.1. The van der Waals surface area contributed by atoms with Crippen molar-refractivity contribution in [1.82, 2.24) is 4.98 Å². The number of pyridine rings is 1. The van der Waals surface area contributed by atoms with E-state index in [0.717, 1.165) is 6.07 Å². The monoisotopic (exact) mass is 190 g/mol. The molecule has 1 aromatic rings. The van der Waals surface area contributed by atoms with Gasteiger partial charge in [-0.1, -0.05) is 0 Å². The molecule has 72 valence electrons. The highest BCUT2D eigenvalue weighted by molar-refractivity contribution is 5.50. The fourth-order valence-electron chi connectivity index (χ4n) is 0.948. The van der Waals surface area contributed by atoms with E-state index < -0.39 is 11.9 Å². The topological polar surface area (TPSA) is 24.9 Å². The molecule has 0 amide bonds. The summed E-state index contributed by atoms with van der Waals surface area (Å²) in [6, 6.07) is 0.995. The molecular weight excluding hydrogens is 181 g/mol. The molecule has 1 rings (SSSR count). The van der Waals surface area contributed by atoms with Crippen molar-refractivity contribution in [3.8, 4) is 0 Å². The Morgan fingerprint density at radius 1 is 1.38 bits per heavy atom. The number of rotatable bonds is 1. The zero-order valence-electron chi connectivity index (χ0n) is 7.24. The summed E-state index contributed by atoms with van der Waals surface area (Å²) < 4.78 is 36.4. The Balaban J connectivity index is 3.14. The first-order chi connectivity index (χ1) is 5.95. The van der Waals surface area contributed by atoms with Gasteiger partial charge in [0.15, 0.2) is 0 Å². The Morgan fingerprint density at radius 3 is 2.46 bits per heavy atom. The van der Waals surface area contributed by atoms with Crippen LogP contribution in [0.5, 0.6) is 0 Å². The largest absolute Gasteiger partial charge is 0.433 e. The number of halogens is 3. The fourth-order valence-corrected chi connectivity index (χ4v) is 0.948. The van der Waals surface area contributed by atoms with Gasteiger partial charge >= 0.3 is 6.18 Å². The van der Waals surface area contributed by atoms with Crippen LogP contribution in [0.4, 0.5) is 18.9 Å². The molecule has 1 N–H and O–H groups in total. The Bertz CT molecular complexity index is 307. The molecular formula is C8H9F3N2. The van der Waals surface area contributed by atoms with Gasteiger partial charge in [0.25, 0.3) is 0 Å². The molecule has 0 aliphatic rings. The number of nitrogens with one attached hydrogen (secondary N) is 1. The van der Waals surface area contributed by atoms with Gasteiger partial charge in [-0.05, 0) is 18.6 Å². The van der Waals surface area contributed by atoms with E-state index >= 15 is 0 Å². The lowest BCUT2D eigenvalue weighted by molar-refractivity contribution is -0.141. The minimum Gasteiger partial charge on any atom is -0.388 e. The van der Waals surface area contributed by atoms with E-state index in [9.17, 15) is 13.2 Å². The molecule has 0 fully saturated rings. The summed E-state index contributed by atoms with van der Waals surface area (Å²) in [7, 11) is 1.57. The molecule has 0 bridgehead atoms. The minimum atomic E-state index is -4.38. The van der Waals surface area contributed by atoms with Gasteiger partial charge in [-0.2, -0.15) is 13.2 Å². The Morgan fingerprint density at radius 2 is 2.00 bits per heavy atom. The van der Waals surface area contributed by atoms with Crippen LogP contribution in [0.25, 0.3) is 0 Å². The molecule has 1 heterocycles. The summed E-state index contributed by atoms with van der Waals surface area (Å²) in [6.45, 7) is 1.69. The maximum atomic E-state index is 12.1. The summed E-state index contributed by atoms with van der Waals surface area (Å²) >= 11 is 0. The van der Waals surface area contributed by atoms with E-state index in [4.69, 9.17) is 0 Å². The number of alkyl halides is 3. The van der Waals surface area contributed by atoms with Gasteiger partial charge in [0, 0.05) is 18.9 Å². The number of hydrogen-bond donors (Lipinski definition) is 1. The first kappa shape index (κ1) is 9.83. The lowest BCUT2D eigenvalue weighted by Crippen LogP contribution is -2.09. The van der Waals surface area contributed by atoms with E-state index in [1.807, 2.05) is 0 Å². The Kier molecular flexibility index (Phi) is 2.45. The third-order valence-corrected chi connectivity index (χ3v) is 1.66. The Labute approximate surface area is 73.8 Å². The van der Waals surface area contributed by atoms with Crippen LogP contribution in [0.1, 0.15) is 11.3 Å². The Hall–Kier alpha value is -1.26. The fraction of sp³-hybridized carbons (Fsp3) is 0.375. The van der Waals surface area contributed by atoms with Gasteiger partial charge in [-0.15, -0.1) is 0 Å². The molecule has 13 heavy (non-hydrogen) atoms. The average molecular weight is 190 g/mol. The van der Waals surface area contributed by atoms with Crippen LogP contribution in [0.15, 0.2) is 12.3 Å². The summed E-state index contributed by atoms with van der Waals surface area (Å²) in [6.07, 6.45) is -3.17. The van der Waals surface area contributed by atoms with Crippen molar-refractivity contribution in [3.63, 3.8) is 0 Å². The highest BCUT2D eigenvalue weighted by Gasteiger charge is 2.32. The van der Waals surface area contributed by atoms with Crippen molar-refractivity contribution in [1.29, 1.82) is 0 Å². The first-order valence-electron chi connectivity index (χ1n) is 3.66. The van der Waals surface area contributed by atoms with Crippen molar-refractivity contribution >= 4 is 5.69 Å². The lowest BCUT2D eigenvalue weighted by Gasteiger charge is -2.09. The molecule has 0 saturated carbocycles. The van der Waals surface area contributed by atoms with Gasteiger partial charge in [-0.25, -0.2) is 0 Å². The van der Waals surface area contributed by atoms with Crippen molar-refractivity contribution < 1.29 is 13.2 Å². The van der Waals surface area contributed by atoms with Crippen molar-refractivity contribution in [2.75, 3.05) is 12.4 Å². The lowest BCUT2D eigenvalue weighted by atomic mass is 10.2. The predicted octanol–water partition coefficient (Wildman–Crippen LogP) is 2.45. The van der Waals surface area contributed by atoms with E-state index in [-0.39, 0.29) is 0 Å². The number of nitrogens with zero attached hydrogens (tertiary/aromatic N) is 1. The maximum Gasteiger partial charge on any atom is 0.433 e. The van der Waals surface area contributed by atoms with E-state index in [1.54, 1.807) is 14.0 Å². The zero-order valence-corrected chi connectivity index (χ0v) is 7.24. The molecule has 0 atom stereocenters. The van der Waals surface area contributed by atoms with Crippen molar-refractivity contribution in [2.45, 2.75) is 13.1 Å². The predicted molar refractivity (Wildman–Crippen MR) is 43.5 cm³/mol. The molecule has 0 aliphatic carbocycles. The van der Waals surface area contributed by atoms with Gasteiger partial charge in [0.2, 0.25) is 0 Å². The normalized spacial score (nSPS) is 11.5. The second-order valence-electron chi connectivity index (χ2n) is 2.63. The molecule has 0 saturated heterocycles. The molecule has 0 spiro atoms. The minimum absolute atomic E-state index is 0.447. The third-order valence-electron chi connectivity index (χ3n) is 1.66. The van der Waals surface area contributed by atoms with E-state index in [2.05, 4.69) is 10.3 Å². The highest BCUT2D eigenvalue weighted by atomic mass is 19.4. The van der Waals surface area contributed by atoms with Crippen LogP contribution in [0.3, 0.4) is 0 Å². The standard InChI is InChI=1S/C8H9F3N2/c1-5-4-13-7(8(9,10)11)3-6(5)12-2/h3-4H,1-2H3,(H,12,13). The van der Waals surface area contributed by atoms with Crippen molar-refractivity contribution in [2.24, 2.45) is 0 Å². The molecule has 0 unspecified atom stereocenters. The van der Waals surface area contributed by atoms with Crippen LogP contribution in [0.2, 0.25) is 0 Å².